The van der Waals surface area contributed by atoms with E-state index in [4.69, 9.17) is 0 Å². The Kier molecular flexibility index (Phi) is 5.13. The van der Waals surface area contributed by atoms with Crippen molar-refractivity contribution in [1.82, 2.24) is 9.78 Å². The van der Waals surface area contributed by atoms with Gasteiger partial charge in [-0.25, -0.2) is 8.42 Å². The lowest BCUT2D eigenvalue weighted by molar-refractivity contribution is 0.600. The Morgan fingerprint density at radius 1 is 1.00 bits per heavy atom. The third kappa shape index (κ3) is 4.14. The van der Waals surface area contributed by atoms with Gasteiger partial charge in [0, 0.05) is 12.7 Å². The fourth-order valence-corrected chi connectivity index (χ4v) is 4.20. The molecular weight excluding hydrogens is 346 g/mol. The van der Waals surface area contributed by atoms with Crippen LogP contribution in [-0.4, -0.2) is 18.2 Å². The molecule has 2 aromatic carbocycles. The van der Waals surface area contributed by atoms with Crippen molar-refractivity contribution in [1.29, 1.82) is 0 Å². The average Bonchev–Trinajstić information content (AvgIpc) is 3.03. The molecule has 0 saturated carbocycles. The number of sulfonamides is 1. The molecule has 1 heterocycles. The van der Waals surface area contributed by atoms with Crippen molar-refractivity contribution in [2.24, 2.45) is 0 Å². The van der Waals surface area contributed by atoms with Crippen LogP contribution in [0.4, 0.5) is 5.69 Å². The first kappa shape index (κ1) is 18.2. The summed E-state index contributed by atoms with van der Waals surface area (Å²) in [6.07, 6.45) is 4.10. The van der Waals surface area contributed by atoms with Gasteiger partial charge in [-0.05, 0) is 55.5 Å². The molecule has 26 heavy (non-hydrogen) atoms. The number of nitrogens with zero attached hydrogens (tertiary/aromatic N) is 2. The van der Waals surface area contributed by atoms with E-state index in [1.54, 1.807) is 23.1 Å². The van der Waals surface area contributed by atoms with Crippen LogP contribution >= 0.6 is 0 Å². The van der Waals surface area contributed by atoms with Crippen molar-refractivity contribution < 1.29 is 8.42 Å². The van der Waals surface area contributed by atoms with Crippen molar-refractivity contribution in [2.45, 2.75) is 38.6 Å². The molecule has 3 rings (SSSR count). The normalized spacial score (nSPS) is 11.5. The van der Waals surface area contributed by atoms with Gasteiger partial charge >= 0.3 is 0 Å². The predicted molar refractivity (Wildman–Crippen MR) is 104 cm³/mol. The molecule has 0 fully saturated rings. The molecular formula is C20H23N3O2S. The van der Waals surface area contributed by atoms with Crippen molar-refractivity contribution in [2.75, 3.05) is 4.72 Å². The molecule has 0 aliphatic heterocycles. The minimum atomic E-state index is -3.64. The van der Waals surface area contributed by atoms with E-state index in [2.05, 4.69) is 22.0 Å². The summed E-state index contributed by atoms with van der Waals surface area (Å²) in [5.74, 6) is 0. The second kappa shape index (κ2) is 7.33. The second-order valence-electron chi connectivity index (χ2n) is 6.54. The van der Waals surface area contributed by atoms with Gasteiger partial charge in [0.1, 0.15) is 0 Å². The van der Waals surface area contributed by atoms with Crippen molar-refractivity contribution >= 4 is 15.7 Å². The van der Waals surface area contributed by atoms with Crippen LogP contribution in [-0.2, 0) is 23.0 Å². The highest BCUT2D eigenvalue weighted by atomic mass is 32.2. The summed E-state index contributed by atoms with van der Waals surface area (Å²) in [5.41, 5.74) is 4.45. The topological polar surface area (TPSA) is 64.0 Å². The van der Waals surface area contributed by atoms with Crippen LogP contribution in [0.25, 0.3) is 0 Å². The Bertz CT molecular complexity index is 1010. The molecule has 5 nitrogen and oxygen atoms in total. The molecule has 0 amide bonds. The Balaban J connectivity index is 1.73. The van der Waals surface area contributed by atoms with Gasteiger partial charge in [0.25, 0.3) is 10.0 Å². The first-order valence-electron chi connectivity index (χ1n) is 8.52. The van der Waals surface area contributed by atoms with Crippen LogP contribution in [0.5, 0.6) is 0 Å². The number of benzene rings is 2. The van der Waals surface area contributed by atoms with Crippen molar-refractivity contribution in [3.8, 4) is 0 Å². The van der Waals surface area contributed by atoms with Gasteiger partial charge in [-0.3, -0.25) is 9.40 Å². The second-order valence-corrected chi connectivity index (χ2v) is 8.19. The van der Waals surface area contributed by atoms with Crippen LogP contribution in [0.1, 0.15) is 22.3 Å². The summed E-state index contributed by atoms with van der Waals surface area (Å²) in [7, 11) is -3.64. The third-order valence-corrected chi connectivity index (χ3v) is 5.96. The van der Waals surface area contributed by atoms with E-state index in [1.807, 2.05) is 45.0 Å². The highest BCUT2D eigenvalue weighted by Gasteiger charge is 2.18. The van der Waals surface area contributed by atoms with Gasteiger partial charge in [0.2, 0.25) is 0 Å². The summed E-state index contributed by atoms with van der Waals surface area (Å²) >= 11 is 0. The van der Waals surface area contributed by atoms with E-state index in [9.17, 15) is 8.42 Å². The van der Waals surface area contributed by atoms with E-state index >= 15 is 0 Å². The lowest BCUT2D eigenvalue weighted by Gasteiger charge is -2.11. The fraction of sp³-hybridized carbons (Fsp3) is 0.250. The number of aromatic nitrogens is 2. The highest BCUT2D eigenvalue weighted by molar-refractivity contribution is 7.92. The van der Waals surface area contributed by atoms with E-state index in [0.29, 0.717) is 17.1 Å². The molecule has 0 aliphatic rings. The van der Waals surface area contributed by atoms with E-state index in [0.717, 1.165) is 23.1 Å². The Hall–Kier alpha value is -2.60. The fourth-order valence-electron chi connectivity index (χ4n) is 2.86. The first-order chi connectivity index (χ1) is 12.3. The largest absolute Gasteiger partial charge is 0.276 e. The molecule has 136 valence electrons. The van der Waals surface area contributed by atoms with Gasteiger partial charge in [-0.2, -0.15) is 5.10 Å². The van der Waals surface area contributed by atoms with E-state index in [-0.39, 0.29) is 0 Å². The molecule has 1 N–H and O–H groups in total. The molecule has 0 atom stereocenters. The maximum atomic E-state index is 12.7. The smallest absolute Gasteiger partial charge is 0.262 e. The summed E-state index contributed by atoms with van der Waals surface area (Å²) in [6.45, 7) is 6.39. The highest BCUT2D eigenvalue weighted by Crippen LogP contribution is 2.22. The molecule has 6 heteroatoms. The summed E-state index contributed by atoms with van der Waals surface area (Å²) in [5, 5.41) is 4.25. The van der Waals surface area contributed by atoms with Crippen molar-refractivity contribution in [3.05, 3.63) is 77.1 Å². The molecule has 3 aromatic rings. The summed E-state index contributed by atoms with van der Waals surface area (Å²) < 4.78 is 29.8. The summed E-state index contributed by atoms with van der Waals surface area (Å²) in [4.78, 5) is 0.303. The van der Waals surface area contributed by atoms with Gasteiger partial charge in [-0.15, -0.1) is 0 Å². The lowest BCUT2D eigenvalue weighted by Crippen LogP contribution is -2.14. The molecule has 1 aromatic heterocycles. The summed E-state index contributed by atoms with van der Waals surface area (Å²) in [6, 6.07) is 13.7. The quantitative estimate of drug-likeness (QED) is 0.718. The minimum absolute atomic E-state index is 0.303. The first-order valence-corrected chi connectivity index (χ1v) is 10.0. The Labute approximate surface area is 154 Å². The Morgan fingerprint density at radius 2 is 1.69 bits per heavy atom. The number of anilines is 1. The maximum Gasteiger partial charge on any atom is 0.262 e. The van der Waals surface area contributed by atoms with Crippen LogP contribution < -0.4 is 4.72 Å². The molecule has 0 radical (unpaired) electrons. The third-order valence-electron chi connectivity index (χ3n) is 4.44. The number of hydrogen-bond donors (Lipinski definition) is 1. The van der Waals surface area contributed by atoms with Gasteiger partial charge < -0.3 is 0 Å². The zero-order valence-electron chi connectivity index (χ0n) is 15.2. The van der Waals surface area contributed by atoms with E-state index in [1.165, 1.54) is 5.56 Å². The van der Waals surface area contributed by atoms with Crippen LogP contribution in [0.2, 0.25) is 0 Å². The number of rotatable bonds is 6. The monoisotopic (exact) mass is 369 g/mol. The molecule has 0 aliphatic carbocycles. The standard InChI is InChI=1S/C20H23N3O2S/c1-15-11-17(3)20(12-16(15)2)26(24,25)22-19-13-21-23(14-19)10-9-18-7-5-4-6-8-18/h4-8,11-14,22H,9-10H2,1-3H3. The van der Waals surface area contributed by atoms with E-state index < -0.39 is 10.0 Å². The zero-order valence-corrected chi connectivity index (χ0v) is 16.0. The lowest BCUT2D eigenvalue weighted by atomic mass is 10.1. The SMILES string of the molecule is Cc1cc(C)c(S(=O)(=O)Nc2cnn(CCc3ccccc3)c2)cc1C. The predicted octanol–water partition coefficient (Wildman–Crippen LogP) is 3.85. The van der Waals surface area contributed by atoms with Gasteiger partial charge in [0.15, 0.2) is 0 Å². The van der Waals surface area contributed by atoms with Crippen LogP contribution in [0.15, 0.2) is 59.8 Å². The van der Waals surface area contributed by atoms with Crippen molar-refractivity contribution in [3.63, 3.8) is 0 Å². The molecule has 0 bridgehead atoms. The molecule has 0 saturated heterocycles. The Morgan fingerprint density at radius 3 is 2.42 bits per heavy atom. The van der Waals surface area contributed by atoms with Crippen LogP contribution in [0.3, 0.4) is 0 Å². The zero-order chi connectivity index (χ0) is 18.7. The maximum absolute atomic E-state index is 12.7. The molecule has 0 spiro atoms. The van der Waals surface area contributed by atoms with Gasteiger partial charge in [0.05, 0.1) is 16.8 Å². The number of hydrogen-bond acceptors (Lipinski definition) is 3. The molecule has 0 unspecified atom stereocenters. The average molecular weight is 369 g/mol. The minimum Gasteiger partial charge on any atom is -0.276 e. The van der Waals surface area contributed by atoms with Crippen LogP contribution in [0, 0.1) is 20.8 Å². The number of aryl methyl sites for hydroxylation is 5. The number of nitrogens with one attached hydrogen (secondary N) is 1. The van der Waals surface area contributed by atoms with Gasteiger partial charge in [-0.1, -0.05) is 36.4 Å².